The van der Waals surface area contributed by atoms with Crippen LogP contribution in [0.3, 0.4) is 0 Å². The number of nitrogens with zero attached hydrogens (tertiary/aromatic N) is 2. The van der Waals surface area contributed by atoms with Gasteiger partial charge in [0.1, 0.15) is 17.2 Å². The Morgan fingerprint density at radius 1 is 1.14 bits per heavy atom. The first-order valence-electron chi connectivity index (χ1n) is 8.69. The molecule has 1 fully saturated rings. The monoisotopic (exact) mass is 398 g/mol. The maximum Gasteiger partial charge on any atom is 0.181 e. The zero-order valence-corrected chi connectivity index (χ0v) is 16.0. The van der Waals surface area contributed by atoms with Gasteiger partial charge in [-0.3, -0.25) is 4.98 Å². The third-order valence-corrected chi connectivity index (χ3v) is 5.93. The summed E-state index contributed by atoms with van der Waals surface area (Å²) in [6, 6.07) is 12.1. The molecule has 1 saturated heterocycles. The second-order valence-corrected chi connectivity index (χ2v) is 8.12. The molecular weight excluding hydrogens is 379 g/mol. The molecule has 0 amide bonds. The number of nitrogens with two attached hydrogens (primary N) is 1. The highest BCUT2D eigenvalue weighted by atomic mass is 32.2. The van der Waals surface area contributed by atoms with E-state index in [1.165, 1.54) is 18.5 Å². The molecule has 0 bridgehead atoms. The average Bonchev–Trinajstić information content (AvgIpc) is 2.67. The van der Waals surface area contributed by atoms with Crippen LogP contribution in [-0.4, -0.2) is 33.3 Å². The van der Waals surface area contributed by atoms with Crippen LogP contribution in [0.15, 0.2) is 59.8 Å². The fraction of sp³-hybridized carbons (Fsp3) is 0.200. The van der Waals surface area contributed by atoms with E-state index in [4.69, 9.17) is 10.5 Å². The molecule has 1 aromatic heterocycles. The molecule has 2 heterocycles. The van der Waals surface area contributed by atoms with Crippen molar-refractivity contribution in [2.24, 2.45) is 0 Å². The van der Waals surface area contributed by atoms with Gasteiger partial charge in [-0.1, -0.05) is 18.2 Å². The van der Waals surface area contributed by atoms with Crippen molar-refractivity contribution in [2.75, 3.05) is 18.9 Å². The van der Waals surface area contributed by atoms with Gasteiger partial charge >= 0.3 is 0 Å². The van der Waals surface area contributed by atoms with Crippen LogP contribution in [0.1, 0.15) is 6.92 Å². The normalized spacial score (nSPS) is 16.4. The smallest absolute Gasteiger partial charge is 0.181 e. The van der Waals surface area contributed by atoms with Gasteiger partial charge in [0.25, 0.3) is 0 Å². The highest BCUT2D eigenvalue weighted by Crippen LogP contribution is 2.32. The number of halogens is 1. The Bertz CT molecular complexity index is 996. The molecule has 3 aromatic rings. The summed E-state index contributed by atoms with van der Waals surface area (Å²) >= 11 is -1.45. The predicted molar refractivity (Wildman–Crippen MR) is 106 cm³/mol. The van der Waals surface area contributed by atoms with E-state index in [-0.39, 0.29) is 11.4 Å². The topological polar surface area (TPSA) is 96.1 Å². The standard InChI is InChI=1S/C20H19FN4O2S/c1-20(11-27-12-20)25-28(26)18-5-3-2-4-14(18)13-6-7-15(16(21)8-13)17-9-24-19(22)10-23-17/h2-10,25H,11-12H2,1H3,(H2,22,24). The summed E-state index contributed by atoms with van der Waals surface area (Å²) in [6.07, 6.45) is 2.82. The molecule has 1 unspecified atom stereocenters. The van der Waals surface area contributed by atoms with E-state index in [0.717, 1.165) is 0 Å². The average molecular weight is 398 g/mol. The minimum atomic E-state index is -1.45. The van der Waals surface area contributed by atoms with Crippen LogP contribution in [0.4, 0.5) is 10.2 Å². The van der Waals surface area contributed by atoms with Crippen LogP contribution < -0.4 is 10.5 Å². The Balaban J connectivity index is 1.66. The van der Waals surface area contributed by atoms with E-state index < -0.39 is 17.2 Å². The second-order valence-electron chi connectivity index (χ2n) is 6.94. The van der Waals surface area contributed by atoms with Crippen LogP contribution in [-0.2, 0) is 16.1 Å². The van der Waals surface area contributed by atoms with E-state index >= 15 is 0 Å². The maximum absolute atomic E-state index is 14.8. The maximum atomic E-state index is 14.8. The molecular formula is C20H19FN4O2S. The van der Waals surface area contributed by atoms with Gasteiger partial charge in [0, 0.05) is 11.1 Å². The number of hydrogen-bond acceptors (Lipinski definition) is 6. The fourth-order valence-electron chi connectivity index (χ4n) is 2.98. The van der Waals surface area contributed by atoms with Crippen molar-refractivity contribution in [3.63, 3.8) is 0 Å². The summed E-state index contributed by atoms with van der Waals surface area (Å²) in [6.45, 7) is 2.97. The minimum Gasteiger partial charge on any atom is -0.593 e. The molecule has 1 aliphatic heterocycles. The van der Waals surface area contributed by atoms with Gasteiger partial charge < -0.3 is 15.0 Å². The van der Waals surface area contributed by atoms with Crippen molar-refractivity contribution in [3.8, 4) is 22.4 Å². The highest BCUT2D eigenvalue weighted by molar-refractivity contribution is 7.89. The molecule has 8 heteroatoms. The van der Waals surface area contributed by atoms with Crippen LogP contribution in [0.25, 0.3) is 22.4 Å². The fourth-order valence-corrected chi connectivity index (χ4v) is 4.24. The first-order chi connectivity index (χ1) is 13.5. The zero-order chi connectivity index (χ0) is 19.7. The van der Waals surface area contributed by atoms with E-state index in [0.29, 0.717) is 40.5 Å². The number of ether oxygens (including phenoxy) is 1. The first kappa shape index (κ1) is 18.8. The number of benzene rings is 2. The summed E-state index contributed by atoms with van der Waals surface area (Å²) in [5.41, 5.74) is 7.27. The molecule has 0 saturated carbocycles. The number of rotatable bonds is 5. The number of aromatic nitrogens is 2. The van der Waals surface area contributed by atoms with E-state index in [1.807, 2.05) is 25.1 Å². The van der Waals surface area contributed by atoms with Crippen molar-refractivity contribution in [3.05, 3.63) is 60.7 Å². The summed E-state index contributed by atoms with van der Waals surface area (Å²) in [4.78, 5) is 8.66. The van der Waals surface area contributed by atoms with Crippen molar-refractivity contribution in [1.29, 1.82) is 0 Å². The van der Waals surface area contributed by atoms with Gasteiger partial charge in [0.2, 0.25) is 0 Å². The summed E-state index contributed by atoms with van der Waals surface area (Å²) in [5.74, 6) is -0.167. The Morgan fingerprint density at radius 3 is 2.57 bits per heavy atom. The van der Waals surface area contributed by atoms with E-state index in [2.05, 4.69) is 14.7 Å². The Hall–Kier alpha value is -2.52. The summed E-state index contributed by atoms with van der Waals surface area (Å²) in [7, 11) is 0. The number of hydrogen-bond donors (Lipinski definition) is 2. The number of anilines is 1. The third-order valence-electron chi connectivity index (χ3n) is 4.50. The van der Waals surface area contributed by atoms with Gasteiger partial charge in [0.15, 0.2) is 4.90 Å². The molecule has 2 aromatic carbocycles. The van der Waals surface area contributed by atoms with E-state index in [1.54, 1.807) is 18.2 Å². The molecule has 6 nitrogen and oxygen atoms in total. The van der Waals surface area contributed by atoms with Crippen molar-refractivity contribution in [2.45, 2.75) is 17.4 Å². The summed E-state index contributed by atoms with van der Waals surface area (Å²) in [5, 5.41) is 0. The lowest BCUT2D eigenvalue weighted by Crippen LogP contribution is -2.59. The van der Waals surface area contributed by atoms with Crippen molar-refractivity contribution < 1.29 is 13.7 Å². The highest BCUT2D eigenvalue weighted by Gasteiger charge is 2.38. The van der Waals surface area contributed by atoms with Crippen LogP contribution >= 0.6 is 0 Å². The number of nitrogens with one attached hydrogen (secondary N) is 1. The van der Waals surface area contributed by atoms with Crippen molar-refractivity contribution in [1.82, 2.24) is 14.7 Å². The SMILES string of the molecule is CC1(N[S+]([O-])c2ccccc2-c2ccc(-c3cnc(N)cn3)c(F)c2)COC1. The molecule has 0 spiro atoms. The molecule has 4 rings (SSSR count). The molecule has 1 atom stereocenters. The molecule has 144 valence electrons. The molecule has 3 N–H and O–H groups in total. The lowest BCUT2D eigenvalue weighted by Gasteiger charge is -2.37. The molecule has 1 aliphatic rings. The van der Waals surface area contributed by atoms with Crippen LogP contribution in [0.5, 0.6) is 0 Å². The zero-order valence-electron chi connectivity index (χ0n) is 15.2. The van der Waals surface area contributed by atoms with E-state index in [9.17, 15) is 8.94 Å². The van der Waals surface area contributed by atoms with Gasteiger partial charge in [-0.25, -0.2) is 9.37 Å². The van der Waals surface area contributed by atoms with Crippen LogP contribution in [0, 0.1) is 5.82 Å². The minimum absolute atomic E-state index is 0.273. The molecule has 0 aliphatic carbocycles. The lowest BCUT2D eigenvalue weighted by molar-refractivity contribution is -0.0523. The van der Waals surface area contributed by atoms with Crippen LogP contribution in [0.2, 0.25) is 0 Å². The van der Waals surface area contributed by atoms with Crippen molar-refractivity contribution >= 4 is 17.2 Å². The van der Waals surface area contributed by atoms with Gasteiger partial charge in [0.05, 0.1) is 42.7 Å². The van der Waals surface area contributed by atoms with Gasteiger partial charge in [-0.2, -0.15) is 0 Å². The Morgan fingerprint density at radius 2 is 1.93 bits per heavy atom. The molecule has 28 heavy (non-hydrogen) atoms. The quantitative estimate of drug-likeness (QED) is 0.642. The van der Waals surface area contributed by atoms with Gasteiger partial charge in [-0.15, -0.1) is 4.72 Å². The third kappa shape index (κ3) is 3.72. The Labute approximate surface area is 165 Å². The lowest BCUT2D eigenvalue weighted by atomic mass is 10.0. The second kappa shape index (κ2) is 7.48. The largest absolute Gasteiger partial charge is 0.593 e. The Kier molecular flexibility index (Phi) is 5.03. The summed E-state index contributed by atoms with van der Waals surface area (Å²) < 4.78 is 36.0. The van der Waals surface area contributed by atoms with Gasteiger partial charge in [-0.05, 0) is 36.8 Å². The predicted octanol–water partition coefficient (Wildman–Crippen LogP) is 2.93. The molecule has 0 radical (unpaired) electrons. The number of nitrogen functional groups attached to an aromatic ring is 1. The first-order valence-corrected chi connectivity index (χ1v) is 9.84.